The van der Waals surface area contributed by atoms with Crippen LogP contribution in [0.2, 0.25) is 0 Å². The predicted molar refractivity (Wildman–Crippen MR) is 62.9 cm³/mol. The zero-order chi connectivity index (χ0) is 12.1. The average molecular weight is 214 g/mol. The van der Waals surface area contributed by atoms with Gasteiger partial charge in [0.25, 0.3) is 0 Å². The minimum absolute atomic E-state index is 0.0366. The predicted octanol–water partition coefficient (Wildman–Crippen LogP) is 0.0381. The number of aliphatic imine (C=N–C) groups is 1. The number of carbonyl (C=O) groups is 1. The second-order valence-electron chi connectivity index (χ2n) is 4.59. The van der Waals surface area contributed by atoms with Gasteiger partial charge in [0.05, 0.1) is 6.54 Å². The normalized spacial score (nSPS) is 12.3. The van der Waals surface area contributed by atoms with Crippen LogP contribution < -0.4 is 10.6 Å². The van der Waals surface area contributed by atoms with Crippen molar-refractivity contribution in [1.82, 2.24) is 15.5 Å². The van der Waals surface area contributed by atoms with E-state index in [1.807, 2.05) is 39.8 Å². The number of hydrogen-bond acceptors (Lipinski definition) is 2. The van der Waals surface area contributed by atoms with Gasteiger partial charge in [0.15, 0.2) is 5.96 Å². The average Bonchev–Trinajstić information content (AvgIpc) is 2.01. The molecule has 0 radical (unpaired) electrons. The molecule has 88 valence electrons. The van der Waals surface area contributed by atoms with Crippen molar-refractivity contribution in [2.24, 2.45) is 4.99 Å². The SMILES string of the molecule is CN=C(NCC(=O)NC(C)(C)C)N(C)C. The first-order chi connectivity index (χ1) is 6.76. The van der Waals surface area contributed by atoms with E-state index >= 15 is 0 Å². The van der Waals surface area contributed by atoms with Crippen molar-refractivity contribution in [3.8, 4) is 0 Å². The molecule has 0 unspecified atom stereocenters. The van der Waals surface area contributed by atoms with E-state index in [9.17, 15) is 4.79 Å². The first-order valence-corrected chi connectivity index (χ1v) is 4.95. The number of nitrogens with zero attached hydrogens (tertiary/aromatic N) is 2. The maximum Gasteiger partial charge on any atom is 0.239 e. The maximum absolute atomic E-state index is 11.5. The molecule has 5 heteroatoms. The summed E-state index contributed by atoms with van der Waals surface area (Å²) in [4.78, 5) is 17.3. The third-order valence-electron chi connectivity index (χ3n) is 1.56. The zero-order valence-electron chi connectivity index (χ0n) is 10.5. The molecule has 0 aromatic heterocycles. The zero-order valence-corrected chi connectivity index (χ0v) is 10.5. The van der Waals surface area contributed by atoms with Crippen molar-refractivity contribution in [3.05, 3.63) is 0 Å². The Hall–Kier alpha value is -1.26. The summed E-state index contributed by atoms with van der Waals surface area (Å²) >= 11 is 0. The Labute approximate surface area is 91.9 Å². The monoisotopic (exact) mass is 214 g/mol. The molecule has 0 aromatic carbocycles. The van der Waals surface area contributed by atoms with E-state index in [1.165, 1.54) is 0 Å². The number of rotatable bonds is 2. The van der Waals surface area contributed by atoms with Gasteiger partial charge in [-0.2, -0.15) is 0 Å². The molecule has 0 bridgehead atoms. The summed E-state index contributed by atoms with van der Waals surface area (Å²) in [7, 11) is 5.43. The van der Waals surface area contributed by atoms with E-state index < -0.39 is 0 Å². The molecule has 0 spiro atoms. The Balaban J connectivity index is 4.01. The van der Waals surface area contributed by atoms with Gasteiger partial charge in [-0.1, -0.05) is 0 Å². The van der Waals surface area contributed by atoms with E-state index in [0.29, 0.717) is 5.96 Å². The van der Waals surface area contributed by atoms with Gasteiger partial charge in [0.1, 0.15) is 0 Å². The summed E-state index contributed by atoms with van der Waals surface area (Å²) in [6, 6.07) is 0. The molecule has 0 atom stereocenters. The van der Waals surface area contributed by atoms with E-state index in [1.54, 1.807) is 7.05 Å². The smallest absolute Gasteiger partial charge is 0.239 e. The van der Waals surface area contributed by atoms with Crippen LogP contribution in [0.1, 0.15) is 20.8 Å². The lowest BCUT2D eigenvalue weighted by molar-refractivity contribution is -0.121. The van der Waals surface area contributed by atoms with Crippen LogP contribution in [0, 0.1) is 0 Å². The highest BCUT2D eigenvalue weighted by atomic mass is 16.2. The van der Waals surface area contributed by atoms with Gasteiger partial charge in [0, 0.05) is 26.7 Å². The molecule has 0 aliphatic heterocycles. The molecule has 5 nitrogen and oxygen atoms in total. The minimum Gasteiger partial charge on any atom is -0.350 e. The van der Waals surface area contributed by atoms with E-state index in [-0.39, 0.29) is 18.0 Å². The van der Waals surface area contributed by atoms with Crippen LogP contribution in [0.25, 0.3) is 0 Å². The fourth-order valence-corrected chi connectivity index (χ4v) is 1.06. The lowest BCUT2D eigenvalue weighted by Crippen LogP contribution is -2.47. The van der Waals surface area contributed by atoms with Crippen molar-refractivity contribution in [1.29, 1.82) is 0 Å². The summed E-state index contributed by atoms with van der Waals surface area (Å²) in [5, 5.41) is 5.82. The third-order valence-corrected chi connectivity index (χ3v) is 1.56. The second-order valence-corrected chi connectivity index (χ2v) is 4.59. The highest BCUT2D eigenvalue weighted by molar-refractivity contribution is 5.86. The van der Waals surface area contributed by atoms with Crippen molar-refractivity contribution in [2.75, 3.05) is 27.7 Å². The summed E-state index contributed by atoms with van der Waals surface area (Å²) in [6.07, 6.45) is 0. The molecule has 15 heavy (non-hydrogen) atoms. The van der Waals surface area contributed by atoms with Crippen molar-refractivity contribution in [3.63, 3.8) is 0 Å². The molecule has 2 N–H and O–H groups in total. The lowest BCUT2D eigenvalue weighted by atomic mass is 10.1. The van der Waals surface area contributed by atoms with E-state index in [4.69, 9.17) is 0 Å². The van der Waals surface area contributed by atoms with Gasteiger partial charge in [-0.15, -0.1) is 0 Å². The molecule has 0 heterocycles. The topological polar surface area (TPSA) is 56.7 Å². The summed E-state index contributed by atoms with van der Waals surface area (Å²) in [5.41, 5.74) is -0.194. The summed E-state index contributed by atoms with van der Waals surface area (Å²) in [6.45, 7) is 6.09. The number of nitrogens with one attached hydrogen (secondary N) is 2. The van der Waals surface area contributed by atoms with Crippen LogP contribution in [0.15, 0.2) is 4.99 Å². The Morgan fingerprint density at radius 3 is 2.20 bits per heavy atom. The van der Waals surface area contributed by atoms with Crippen molar-refractivity contribution >= 4 is 11.9 Å². The van der Waals surface area contributed by atoms with Gasteiger partial charge >= 0.3 is 0 Å². The van der Waals surface area contributed by atoms with E-state index in [0.717, 1.165) is 0 Å². The standard InChI is InChI=1S/C10H22N4O/c1-10(2,3)13-8(15)7-12-9(11-4)14(5)6/h7H2,1-6H3,(H,11,12)(H,13,15). The molecular weight excluding hydrogens is 192 g/mol. The Morgan fingerprint density at radius 1 is 1.33 bits per heavy atom. The Bertz CT molecular complexity index is 240. The number of carbonyl (C=O) groups excluding carboxylic acids is 1. The fourth-order valence-electron chi connectivity index (χ4n) is 1.06. The van der Waals surface area contributed by atoms with Crippen LogP contribution >= 0.6 is 0 Å². The number of hydrogen-bond donors (Lipinski definition) is 2. The Morgan fingerprint density at radius 2 is 1.87 bits per heavy atom. The molecule has 0 aliphatic carbocycles. The minimum atomic E-state index is -0.194. The highest BCUT2D eigenvalue weighted by Gasteiger charge is 2.13. The molecule has 0 fully saturated rings. The van der Waals surface area contributed by atoms with Crippen LogP contribution in [-0.4, -0.2) is 50.0 Å². The second kappa shape index (κ2) is 5.58. The number of guanidine groups is 1. The molecule has 0 aromatic rings. The van der Waals surface area contributed by atoms with Crippen molar-refractivity contribution < 1.29 is 4.79 Å². The number of amides is 1. The molecule has 0 aliphatic rings. The van der Waals surface area contributed by atoms with Crippen LogP contribution in [0.5, 0.6) is 0 Å². The molecule has 0 rings (SSSR count). The van der Waals surface area contributed by atoms with Gasteiger partial charge < -0.3 is 15.5 Å². The fraction of sp³-hybridized carbons (Fsp3) is 0.800. The highest BCUT2D eigenvalue weighted by Crippen LogP contribution is 1.97. The first kappa shape index (κ1) is 13.7. The summed E-state index contributed by atoms with van der Waals surface area (Å²) in [5.74, 6) is 0.657. The van der Waals surface area contributed by atoms with Gasteiger partial charge in [0.2, 0.25) is 5.91 Å². The third kappa shape index (κ3) is 6.76. The van der Waals surface area contributed by atoms with Gasteiger partial charge in [-0.25, -0.2) is 0 Å². The van der Waals surface area contributed by atoms with Crippen LogP contribution in [0.4, 0.5) is 0 Å². The molecular formula is C10H22N4O. The lowest BCUT2D eigenvalue weighted by Gasteiger charge is -2.22. The molecule has 0 saturated carbocycles. The summed E-state index contributed by atoms with van der Waals surface area (Å²) < 4.78 is 0. The molecule has 1 amide bonds. The van der Waals surface area contributed by atoms with Crippen LogP contribution in [-0.2, 0) is 4.79 Å². The molecule has 0 saturated heterocycles. The van der Waals surface area contributed by atoms with Crippen LogP contribution in [0.3, 0.4) is 0 Å². The largest absolute Gasteiger partial charge is 0.350 e. The van der Waals surface area contributed by atoms with Crippen molar-refractivity contribution in [2.45, 2.75) is 26.3 Å². The quantitative estimate of drug-likeness (QED) is 0.504. The van der Waals surface area contributed by atoms with Gasteiger partial charge in [-0.3, -0.25) is 9.79 Å². The first-order valence-electron chi connectivity index (χ1n) is 4.95. The van der Waals surface area contributed by atoms with E-state index in [2.05, 4.69) is 15.6 Å². The van der Waals surface area contributed by atoms with Gasteiger partial charge in [-0.05, 0) is 20.8 Å². The Kier molecular flexibility index (Phi) is 5.11. The maximum atomic E-state index is 11.5.